The average molecular weight is 140 g/mol. The van der Waals surface area contributed by atoms with Gasteiger partial charge in [-0.15, -0.1) is 0 Å². The number of nitroso groups, excluding NO2 is 1. The van der Waals surface area contributed by atoms with Crippen LogP contribution in [0.5, 0.6) is 0 Å². The van der Waals surface area contributed by atoms with Gasteiger partial charge in [-0.05, 0) is 12.8 Å². The van der Waals surface area contributed by atoms with Gasteiger partial charge in [0.15, 0.2) is 0 Å². The molecule has 2 atom stereocenters. The van der Waals surface area contributed by atoms with Crippen molar-refractivity contribution >= 4 is 0 Å². The van der Waals surface area contributed by atoms with Gasteiger partial charge < -0.3 is 0 Å². The van der Waals surface area contributed by atoms with E-state index < -0.39 is 0 Å². The molecule has 0 aliphatic carbocycles. The molecule has 0 fully saturated rings. The van der Waals surface area contributed by atoms with Crippen molar-refractivity contribution in [1.29, 1.82) is 5.26 Å². The lowest BCUT2D eigenvalue weighted by molar-refractivity contribution is 0.421. The molecule has 0 N–H and O–H groups in total. The third-order valence-corrected chi connectivity index (χ3v) is 1.52. The van der Waals surface area contributed by atoms with Crippen molar-refractivity contribution in [3.63, 3.8) is 0 Å². The second kappa shape index (κ2) is 3.99. The Balaban J connectivity index is 4.09. The second-order valence-electron chi connectivity index (χ2n) is 2.76. The largest absolute Gasteiger partial charge is 0.198 e. The normalized spacial score (nSPS) is 15.9. The summed E-state index contributed by atoms with van der Waals surface area (Å²) in [6.07, 6.45) is 0. The Morgan fingerprint density at radius 3 is 2.00 bits per heavy atom. The fourth-order valence-corrected chi connectivity index (χ4v) is 0.867. The standard InChI is InChI=1S/C7H12N2O/c1-5(2)7(9-10)6(3)4-8/h5-7H,1-3H3. The fourth-order valence-electron chi connectivity index (χ4n) is 0.867. The van der Waals surface area contributed by atoms with E-state index >= 15 is 0 Å². The number of nitriles is 1. The molecular weight excluding hydrogens is 128 g/mol. The Kier molecular flexibility index (Phi) is 3.63. The molecule has 0 saturated heterocycles. The van der Waals surface area contributed by atoms with Gasteiger partial charge in [-0.1, -0.05) is 19.0 Å². The van der Waals surface area contributed by atoms with Crippen LogP contribution < -0.4 is 0 Å². The molecule has 10 heavy (non-hydrogen) atoms. The number of rotatable bonds is 3. The number of hydrogen-bond acceptors (Lipinski definition) is 3. The predicted molar refractivity (Wildman–Crippen MR) is 39.2 cm³/mol. The summed E-state index contributed by atoms with van der Waals surface area (Å²) in [7, 11) is 0. The van der Waals surface area contributed by atoms with E-state index in [4.69, 9.17) is 5.26 Å². The SMILES string of the molecule is CC(C)C(N=O)C(C)C#N. The zero-order chi connectivity index (χ0) is 8.15. The van der Waals surface area contributed by atoms with Crippen LogP contribution >= 0.6 is 0 Å². The summed E-state index contributed by atoms with van der Waals surface area (Å²) in [5.74, 6) is -0.107. The van der Waals surface area contributed by atoms with Gasteiger partial charge in [0.05, 0.1) is 12.0 Å². The monoisotopic (exact) mass is 140 g/mol. The fraction of sp³-hybridized carbons (Fsp3) is 0.857. The molecular formula is C7H12N2O. The molecule has 0 aromatic rings. The lowest BCUT2D eigenvalue weighted by Gasteiger charge is -2.13. The van der Waals surface area contributed by atoms with Gasteiger partial charge >= 0.3 is 0 Å². The van der Waals surface area contributed by atoms with E-state index in [0.29, 0.717) is 0 Å². The van der Waals surface area contributed by atoms with E-state index in [1.807, 2.05) is 19.9 Å². The highest BCUT2D eigenvalue weighted by Gasteiger charge is 2.20. The van der Waals surface area contributed by atoms with Crippen LogP contribution in [0.3, 0.4) is 0 Å². The van der Waals surface area contributed by atoms with Crippen LogP contribution in [0.2, 0.25) is 0 Å². The molecule has 0 amide bonds. The second-order valence-corrected chi connectivity index (χ2v) is 2.76. The summed E-state index contributed by atoms with van der Waals surface area (Å²) in [4.78, 5) is 10.1. The van der Waals surface area contributed by atoms with E-state index in [0.717, 1.165) is 0 Å². The van der Waals surface area contributed by atoms with E-state index in [9.17, 15) is 4.91 Å². The maximum atomic E-state index is 10.1. The Morgan fingerprint density at radius 1 is 1.40 bits per heavy atom. The minimum Gasteiger partial charge on any atom is -0.198 e. The van der Waals surface area contributed by atoms with E-state index in [-0.39, 0.29) is 17.9 Å². The Hall–Kier alpha value is -0.910. The van der Waals surface area contributed by atoms with Crippen LogP contribution in [0, 0.1) is 28.1 Å². The smallest absolute Gasteiger partial charge is 0.110 e. The van der Waals surface area contributed by atoms with Crippen molar-refractivity contribution in [2.24, 2.45) is 17.0 Å². The quantitative estimate of drug-likeness (QED) is 0.562. The van der Waals surface area contributed by atoms with E-state index in [2.05, 4.69) is 5.18 Å². The lowest BCUT2D eigenvalue weighted by atomic mass is 9.94. The Morgan fingerprint density at radius 2 is 1.90 bits per heavy atom. The van der Waals surface area contributed by atoms with Gasteiger partial charge in [0.1, 0.15) is 6.04 Å². The highest BCUT2D eigenvalue weighted by molar-refractivity contribution is 4.90. The van der Waals surface area contributed by atoms with Crippen LogP contribution in [-0.4, -0.2) is 6.04 Å². The zero-order valence-corrected chi connectivity index (χ0v) is 6.53. The van der Waals surface area contributed by atoms with Crippen LogP contribution in [0.1, 0.15) is 20.8 Å². The highest BCUT2D eigenvalue weighted by atomic mass is 16.3. The molecule has 0 heterocycles. The highest BCUT2D eigenvalue weighted by Crippen LogP contribution is 2.14. The third-order valence-electron chi connectivity index (χ3n) is 1.52. The summed E-state index contributed by atoms with van der Waals surface area (Å²) in [6.45, 7) is 5.49. The maximum Gasteiger partial charge on any atom is 0.110 e. The molecule has 56 valence electrons. The van der Waals surface area contributed by atoms with Crippen molar-refractivity contribution in [2.75, 3.05) is 0 Å². The summed E-state index contributed by atoms with van der Waals surface area (Å²) in [5.41, 5.74) is 0. The number of hydrogen-bond donors (Lipinski definition) is 0. The van der Waals surface area contributed by atoms with Gasteiger partial charge in [0.25, 0.3) is 0 Å². The molecule has 0 aromatic carbocycles. The molecule has 0 rings (SSSR count). The Labute approximate surface area is 61.0 Å². The molecule has 3 nitrogen and oxygen atoms in total. The predicted octanol–water partition coefficient (Wildman–Crippen LogP) is 1.94. The maximum absolute atomic E-state index is 10.1. The zero-order valence-electron chi connectivity index (χ0n) is 6.53. The van der Waals surface area contributed by atoms with Crippen molar-refractivity contribution in [1.82, 2.24) is 0 Å². The van der Waals surface area contributed by atoms with Gasteiger partial charge in [-0.3, -0.25) is 0 Å². The van der Waals surface area contributed by atoms with Crippen molar-refractivity contribution < 1.29 is 0 Å². The van der Waals surface area contributed by atoms with Gasteiger partial charge in [-0.25, -0.2) is 0 Å². The molecule has 0 bridgehead atoms. The first-order chi connectivity index (χ1) is 4.63. The minimum atomic E-state index is -0.356. The van der Waals surface area contributed by atoms with Gasteiger partial charge in [0, 0.05) is 0 Å². The molecule has 2 unspecified atom stereocenters. The van der Waals surface area contributed by atoms with Gasteiger partial charge in [-0.2, -0.15) is 10.2 Å². The minimum absolute atomic E-state index is 0.159. The van der Waals surface area contributed by atoms with Crippen LogP contribution in [-0.2, 0) is 0 Å². The molecule has 0 spiro atoms. The molecule has 0 saturated carbocycles. The molecule has 0 aliphatic heterocycles. The number of nitrogens with zero attached hydrogens (tertiary/aromatic N) is 2. The van der Waals surface area contributed by atoms with Gasteiger partial charge in [0.2, 0.25) is 0 Å². The first kappa shape index (κ1) is 9.09. The summed E-state index contributed by atoms with van der Waals surface area (Å²) >= 11 is 0. The average Bonchev–Trinajstić information content (AvgIpc) is 1.88. The van der Waals surface area contributed by atoms with Crippen LogP contribution in [0.4, 0.5) is 0 Å². The Bertz CT molecular complexity index is 148. The van der Waals surface area contributed by atoms with Crippen molar-refractivity contribution in [2.45, 2.75) is 26.8 Å². The van der Waals surface area contributed by atoms with Crippen molar-refractivity contribution in [3.8, 4) is 6.07 Å². The summed E-state index contributed by atoms with van der Waals surface area (Å²) in [5, 5.41) is 11.3. The summed E-state index contributed by atoms with van der Waals surface area (Å²) < 4.78 is 0. The first-order valence-electron chi connectivity index (χ1n) is 3.35. The molecule has 3 heteroatoms. The lowest BCUT2D eigenvalue weighted by Crippen LogP contribution is -2.19. The topological polar surface area (TPSA) is 53.2 Å². The van der Waals surface area contributed by atoms with Crippen LogP contribution in [0.25, 0.3) is 0 Å². The van der Waals surface area contributed by atoms with Crippen LogP contribution in [0.15, 0.2) is 5.18 Å². The van der Waals surface area contributed by atoms with E-state index in [1.54, 1.807) is 6.92 Å². The third kappa shape index (κ3) is 2.14. The van der Waals surface area contributed by atoms with Crippen molar-refractivity contribution in [3.05, 3.63) is 4.91 Å². The molecule has 0 aliphatic rings. The first-order valence-corrected chi connectivity index (χ1v) is 3.35. The molecule has 0 aromatic heterocycles. The van der Waals surface area contributed by atoms with E-state index in [1.165, 1.54) is 0 Å². The summed E-state index contributed by atoms with van der Waals surface area (Å²) in [6, 6.07) is 1.65. The molecule has 0 radical (unpaired) electrons.